The summed E-state index contributed by atoms with van der Waals surface area (Å²) in [6, 6.07) is 36.2. The first kappa shape index (κ1) is 32.4. The van der Waals surface area contributed by atoms with Crippen molar-refractivity contribution in [2.45, 2.75) is 64.1 Å². The summed E-state index contributed by atoms with van der Waals surface area (Å²) >= 11 is 1.65. The van der Waals surface area contributed by atoms with Crippen LogP contribution in [-0.2, 0) is 23.2 Å². The predicted molar refractivity (Wildman–Crippen MR) is 198 cm³/mol. The monoisotopic (exact) mass is 682 g/mol. The zero-order valence-corrected chi connectivity index (χ0v) is 29.3. The van der Waals surface area contributed by atoms with Crippen molar-refractivity contribution in [3.05, 3.63) is 169 Å². The van der Waals surface area contributed by atoms with Crippen LogP contribution in [0.3, 0.4) is 0 Å². The van der Waals surface area contributed by atoms with E-state index in [2.05, 4.69) is 109 Å². The van der Waals surface area contributed by atoms with E-state index >= 15 is 4.39 Å². The van der Waals surface area contributed by atoms with Crippen molar-refractivity contribution in [1.29, 1.82) is 0 Å². The maximum absolute atomic E-state index is 16.4. The number of hydrogen-bond acceptors (Lipinski definition) is 5. The molecule has 0 saturated heterocycles. The molecular formula is C43H39FN2O3S. The average Bonchev–Trinajstić information content (AvgIpc) is 3.90. The molecule has 0 spiro atoms. The SMILES string of the molecule is CCOC(=O)c1cc(C2CC2)c2c(C)c(-c3cc4c(s3)CC(C)N(C(c3ccccc3)(c3ccccc3)c3ccccc3)C4)c(F)cn2c1=O. The van der Waals surface area contributed by atoms with Gasteiger partial charge in [-0.1, -0.05) is 91.0 Å². The fourth-order valence-corrected chi connectivity index (χ4v) is 9.51. The van der Waals surface area contributed by atoms with E-state index in [9.17, 15) is 9.59 Å². The molecule has 1 atom stereocenters. The Morgan fingerprint density at radius 2 is 1.50 bits per heavy atom. The number of nitrogens with zero attached hydrogens (tertiary/aromatic N) is 2. The number of rotatable bonds is 8. The summed E-state index contributed by atoms with van der Waals surface area (Å²) in [4.78, 5) is 31.0. The van der Waals surface area contributed by atoms with Gasteiger partial charge >= 0.3 is 5.97 Å². The number of pyridine rings is 2. The van der Waals surface area contributed by atoms with Crippen LogP contribution in [-0.4, -0.2) is 27.9 Å². The number of fused-ring (bicyclic) bond motifs is 2. The van der Waals surface area contributed by atoms with Gasteiger partial charge in [-0.3, -0.25) is 14.1 Å². The van der Waals surface area contributed by atoms with Crippen LogP contribution in [0.4, 0.5) is 4.39 Å². The van der Waals surface area contributed by atoms with Crippen molar-refractivity contribution in [1.82, 2.24) is 9.30 Å². The van der Waals surface area contributed by atoms with Gasteiger partial charge in [0.2, 0.25) is 0 Å². The molecule has 5 nitrogen and oxygen atoms in total. The molecule has 1 fully saturated rings. The standard InChI is InChI=1S/C43H39FN2O3S/c1-4-49-42(48)35-24-34(29-20-21-29)40-28(3)39(36(44)26-45(40)41(35)47)38-23-30-25-46(27(2)22-37(30)50-38)43(31-14-8-5-9-15-31,32-16-10-6-11-17-32)33-18-12-7-13-19-33/h5-19,23-24,26-27,29H,4,20-22,25H2,1-3H3. The van der Waals surface area contributed by atoms with Gasteiger partial charge in [-0.25, -0.2) is 9.18 Å². The summed E-state index contributed by atoms with van der Waals surface area (Å²) in [5.41, 5.74) is 6.45. The molecule has 3 aromatic heterocycles. The number of aromatic nitrogens is 1. The van der Waals surface area contributed by atoms with Gasteiger partial charge in [0, 0.05) is 34.1 Å². The first-order chi connectivity index (χ1) is 24.3. The summed E-state index contributed by atoms with van der Waals surface area (Å²) in [5.74, 6) is -0.919. The minimum Gasteiger partial charge on any atom is -0.462 e. The highest BCUT2D eigenvalue weighted by Gasteiger charge is 2.46. The molecule has 0 amide bonds. The molecule has 7 heteroatoms. The maximum Gasteiger partial charge on any atom is 0.343 e. The van der Waals surface area contributed by atoms with Gasteiger partial charge < -0.3 is 4.74 Å². The van der Waals surface area contributed by atoms with E-state index in [0.29, 0.717) is 17.6 Å². The highest BCUT2D eigenvalue weighted by Crippen LogP contribution is 2.49. The van der Waals surface area contributed by atoms with Crippen LogP contribution >= 0.6 is 11.3 Å². The number of halogens is 1. The lowest BCUT2D eigenvalue weighted by atomic mass is 9.74. The van der Waals surface area contributed by atoms with Gasteiger partial charge in [-0.05, 0) is 91.5 Å². The van der Waals surface area contributed by atoms with Crippen LogP contribution in [0, 0.1) is 12.7 Å². The topological polar surface area (TPSA) is 51.0 Å². The minimum atomic E-state index is -0.668. The van der Waals surface area contributed by atoms with Crippen LogP contribution in [0.15, 0.2) is 114 Å². The van der Waals surface area contributed by atoms with E-state index in [-0.39, 0.29) is 24.1 Å². The predicted octanol–water partition coefficient (Wildman–Crippen LogP) is 9.27. The molecule has 252 valence electrons. The fourth-order valence-electron chi connectivity index (χ4n) is 8.11. The first-order valence-corrected chi connectivity index (χ1v) is 18.2. The Hall–Kier alpha value is -4.85. The largest absolute Gasteiger partial charge is 0.462 e. The number of ether oxygens (including phenoxy) is 1. The van der Waals surface area contributed by atoms with Gasteiger partial charge in [-0.2, -0.15) is 0 Å². The van der Waals surface area contributed by atoms with Crippen LogP contribution in [0.25, 0.3) is 16.0 Å². The van der Waals surface area contributed by atoms with Crippen molar-refractivity contribution in [2.24, 2.45) is 0 Å². The molecule has 1 saturated carbocycles. The highest BCUT2D eigenvalue weighted by atomic mass is 32.1. The fraction of sp³-hybridized carbons (Fsp3) is 0.256. The lowest BCUT2D eigenvalue weighted by Crippen LogP contribution is -2.53. The van der Waals surface area contributed by atoms with Crippen molar-refractivity contribution in [2.75, 3.05) is 6.61 Å². The number of hydrogen-bond donors (Lipinski definition) is 0. The van der Waals surface area contributed by atoms with Crippen molar-refractivity contribution in [3.8, 4) is 10.4 Å². The van der Waals surface area contributed by atoms with E-state index < -0.39 is 22.9 Å². The molecule has 8 rings (SSSR count). The summed E-state index contributed by atoms with van der Waals surface area (Å²) in [6.07, 6.45) is 4.02. The second-order valence-electron chi connectivity index (χ2n) is 13.6. The molecule has 3 aromatic carbocycles. The molecule has 2 aliphatic rings. The lowest BCUT2D eigenvalue weighted by molar-refractivity contribution is 0.0524. The molecule has 50 heavy (non-hydrogen) atoms. The number of carbonyl (C=O) groups excluding carboxylic acids is 1. The molecule has 0 bridgehead atoms. The van der Waals surface area contributed by atoms with E-state index in [4.69, 9.17) is 4.74 Å². The van der Waals surface area contributed by atoms with Gasteiger partial charge in [0.25, 0.3) is 5.56 Å². The third-order valence-corrected chi connectivity index (χ3v) is 11.7. The molecule has 0 radical (unpaired) electrons. The molecule has 1 aliphatic heterocycles. The summed E-state index contributed by atoms with van der Waals surface area (Å²) in [7, 11) is 0. The summed E-state index contributed by atoms with van der Waals surface area (Å²) in [5, 5.41) is 0. The molecular weight excluding hydrogens is 644 g/mol. The molecule has 4 heterocycles. The summed E-state index contributed by atoms with van der Waals surface area (Å²) < 4.78 is 22.9. The zero-order chi connectivity index (χ0) is 34.6. The summed E-state index contributed by atoms with van der Waals surface area (Å²) in [6.45, 7) is 6.75. The Morgan fingerprint density at radius 1 is 0.920 bits per heavy atom. The van der Waals surface area contributed by atoms with Crippen LogP contribution < -0.4 is 5.56 Å². The first-order valence-electron chi connectivity index (χ1n) is 17.4. The molecule has 1 unspecified atom stereocenters. The van der Waals surface area contributed by atoms with Crippen molar-refractivity contribution >= 4 is 22.8 Å². The Bertz CT molecular complexity index is 2180. The number of esters is 1. The van der Waals surface area contributed by atoms with Gasteiger partial charge in [0.15, 0.2) is 0 Å². The normalized spacial score (nSPS) is 16.4. The van der Waals surface area contributed by atoms with E-state index in [1.54, 1.807) is 24.3 Å². The number of benzene rings is 3. The van der Waals surface area contributed by atoms with E-state index in [1.807, 2.05) is 6.92 Å². The Labute approximate surface area is 295 Å². The third kappa shape index (κ3) is 5.22. The molecule has 6 aromatic rings. The number of aryl methyl sites for hydroxylation is 1. The van der Waals surface area contributed by atoms with E-state index in [0.717, 1.165) is 35.3 Å². The molecule has 0 N–H and O–H groups in total. The average molecular weight is 683 g/mol. The lowest BCUT2D eigenvalue weighted by Gasteiger charge is -2.50. The minimum absolute atomic E-state index is 0.0443. The van der Waals surface area contributed by atoms with Gasteiger partial charge in [-0.15, -0.1) is 11.3 Å². The second kappa shape index (κ2) is 12.8. The van der Waals surface area contributed by atoms with Crippen LogP contribution in [0.2, 0.25) is 0 Å². The highest BCUT2D eigenvalue weighted by molar-refractivity contribution is 7.15. The van der Waals surface area contributed by atoms with Gasteiger partial charge in [0.05, 0.1) is 17.7 Å². The zero-order valence-electron chi connectivity index (χ0n) is 28.5. The Kier molecular flexibility index (Phi) is 8.28. The number of carbonyl (C=O) groups is 1. The molecule has 1 aliphatic carbocycles. The Balaban J connectivity index is 1.28. The quantitative estimate of drug-likeness (QED) is 0.119. The van der Waals surface area contributed by atoms with Gasteiger partial charge in [0.1, 0.15) is 11.4 Å². The third-order valence-electron chi connectivity index (χ3n) is 10.5. The number of thiophene rings is 1. The van der Waals surface area contributed by atoms with Crippen LogP contribution in [0.5, 0.6) is 0 Å². The van der Waals surface area contributed by atoms with Crippen molar-refractivity contribution in [3.63, 3.8) is 0 Å². The smallest absolute Gasteiger partial charge is 0.343 e. The van der Waals surface area contributed by atoms with Crippen molar-refractivity contribution < 1.29 is 13.9 Å². The van der Waals surface area contributed by atoms with Crippen LogP contribution in [0.1, 0.15) is 81.2 Å². The second-order valence-corrected chi connectivity index (χ2v) is 14.7. The maximum atomic E-state index is 16.4. The van der Waals surface area contributed by atoms with E-state index in [1.165, 1.54) is 37.7 Å². The Morgan fingerprint density at radius 3 is 2.04 bits per heavy atom.